The average molecular weight is 285 g/mol. The third-order valence-electron chi connectivity index (χ3n) is 4.40. The summed E-state index contributed by atoms with van der Waals surface area (Å²) in [6, 6.07) is 0.952. The number of aliphatic carboxylic acids is 1. The third-order valence-corrected chi connectivity index (χ3v) is 4.40. The molecule has 0 amide bonds. The van der Waals surface area contributed by atoms with E-state index in [0.29, 0.717) is 12.5 Å². The largest absolute Gasteiger partial charge is 0.480 e. The molecule has 3 unspecified atom stereocenters. The van der Waals surface area contributed by atoms with Crippen molar-refractivity contribution in [2.75, 3.05) is 26.7 Å². The SMILES string of the molecule is CC(C)NC(C)(CC(C)N1CCN(C)C(C)C1)C(=O)O. The number of rotatable bonds is 6. The van der Waals surface area contributed by atoms with Crippen LogP contribution in [-0.4, -0.2) is 71.2 Å². The number of carboxylic acids is 1. The second kappa shape index (κ2) is 6.87. The van der Waals surface area contributed by atoms with Gasteiger partial charge >= 0.3 is 5.97 Å². The van der Waals surface area contributed by atoms with E-state index in [4.69, 9.17) is 0 Å². The highest BCUT2D eigenvalue weighted by atomic mass is 16.4. The molecule has 1 heterocycles. The Labute approximate surface area is 123 Å². The van der Waals surface area contributed by atoms with Gasteiger partial charge in [0.2, 0.25) is 0 Å². The second-order valence-corrected chi connectivity index (χ2v) is 6.81. The maximum Gasteiger partial charge on any atom is 0.323 e. The number of nitrogens with one attached hydrogen (secondary N) is 1. The lowest BCUT2D eigenvalue weighted by molar-refractivity contribution is -0.145. The van der Waals surface area contributed by atoms with E-state index in [-0.39, 0.29) is 12.1 Å². The molecule has 2 N–H and O–H groups in total. The number of hydrogen-bond donors (Lipinski definition) is 2. The van der Waals surface area contributed by atoms with Crippen molar-refractivity contribution in [3.63, 3.8) is 0 Å². The van der Waals surface area contributed by atoms with Gasteiger partial charge in [-0.2, -0.15) is 0 Å². The van der Waals surface area contributed by atoms with E-state index in [2.05, 4.69) is 36.0 Å². The number of likely N-dealkylation sites (N-methyl/N-ethyl adjacent to an activating group) is 1. The molecule has 3 atom stereocenters. The molecule has 1 rings (SSSR count). The first-order valence-corrected chi connectivity index (χ1v) is 7.61. The summed E-state index contributed by atoms with van der Waals surface area (Å²) in [5, 5.41) is 12.7. The molecule has 0 aliphatic carbocycles. The smallest absolute Gasteiger partial charge is 0.323 e. The molecule has 1 aliphatic heterocycles. The van der Waals surface area contributed by atoms with Crippen molar-refractivity contribution in [3.8, 4) is 0 Å². The summed E-state index contributed by atoms with van der Waals surface area (Å²) < 4.78 is 0. The van der Waals surface area contributed by atoms with Crippen LogP contribution in [0.15, 0.2) is 0 Å². The van der Waals surface area contributed by atoms with Gasteiger partial charge in [0, 0.05) is 37.8 Å². The molecule has 1 saturated heterocycles. The average Bonchev–Trinajstić information content (AvgIpc) is 2.31. The molecular formula is C15H31N3O2. The van der Waals surface area contributed by atoms with Crippen LogP contribution in [0.5, 0.6) is 0 Å². The van der Waals surface area contributed by atoms with E-state index in [0.717, 1.165) is 19.6 Å². The van der Waals surface area contributed by atoms with Gasteiger partial charge in [0.05, 0.1) is 0 Å². The Morgan fingerprint density at radius 2 is 2.00 bits per heavy atom. The summed E-state index contributed by atoms with van der Waals surface area (Å²) in [4.78, 5) is 16.4. The minimum absolute atomic E-state index is 0.162. The Hall–Kier alpha value is -0.650. The maximum absolute atomic E-state index is 11.6. The molecule has 0 bridgehead atoms. The first kappa shape index (κ1) is 17.4. The Bertz CT molecular complexity index is 335. The van der Waals surface area contributed by atoms with E-state index in [9.17, 15) is 9.90 Å². The number of nitrogens with zero attached hydrogens (tertiary/aromatic N) is 2. The first-order valence-electron chi connectivity index (χ1n) is 7.61. The molecule has 5 heteroatoms. The zero-order chi connectivity index (χ0) is 15.5. The van der Waals surface area contributed by atoms with Gasteiger partial charge in [-0.05, 0) is 48.1 Å². The standard InChI is InChI=1S/C15H31N3O2/c1-11(2)16-15(5,14(19)20)9-12(3)18-8-7-17(6)13(4)10-18/h11-13,16H,7-10H2,1-6H3,(H,19,20). The Kier molecular flexibility index (Phi) is 5.98. The molecule has 1 fully saturated rings. The number of piperazine rings is 1. The van der Waals surface area contributed by atoms with Gasteiger partial charge in [-0.1, -0.05) is 0 Å². The highest BCUT2D eigenvalue weighted by molar-refractivity contribution is 5.78. The molecule has 0 spiro atoms. The summed E-state index contributed by atoms with van der Waals surface area (Å²) in [5.41, 5.74) is -0.861. The van der Waals surface area contributed by atoms with Crippen LogP contribution in [0, 0.1) is 0 Å². The van der Waals surface area contributed by atoms with E-state index in [1.54, 1.807) is 6.92 Å². The fraction of sp³-hybridized carbons (Fsp3) is 0.933. The summed E-state index contributed by atoms with van der Waals surface area (Å²) >= 11 is 0. The van der Waals surface area contributed by atoms with Gasteiger partial charge in [-0.15, -0.1) is 0 Å². The van der Waals surface area contributed by atoms with Gasteiger partial charge in [-0.3, -0.25) is 15.0 Å². The lowest BCUT2D eigenvalue weighted by Gasteiger charge is -2.43. The summed E-state index contributed by atoms with van der Waals surface area (Å²) in [5.74, 6) is -0.764. The predicted octanol–water partition coefficient (Wildman–Crippen LogP) is 1.24. The van der Waals surface area contributed by atoms with Crippen molar-refractivity contribution in [3.05, 3.63) is 0 Å². The molecule has 1 aliphatic rings. The zero-order valence-electron chi connectivity index (χ0n) is 13.8. The molecule has 118 valence electrons. The lowest BCUT2D eigenvalue weighted by atomic mass is 9.91. The van der Waals surface area contributed by atoms with E-state index >= 15 is 0 Å². The van der Waals surface area contributed by atoms with Gasteiger partial charge in [-0.25, -0.2) is 0 Å². The van der Waals surface area contributed by atoms with Crippen LogP contribution in [0.3, 0.4) is 0 Å². The Morgan fingerprint density at radius 1 is 1.40 bits per heavy atom. The fourth-order valence-electron chi connectivity index (χ4n) is 3.04. The Balaban J connectivity index is 2.67. The molecule has 0 radical (unpaired) electrons. The van der Waals surface area contributed by atoms with Crippen molar-refractivity contribution >= 4 is 5.97 Å². The number of carboxylic acid groups (broad SMARTS) is 1. The summed E-state index contributed by atoms with van der Waals surface area (Å²) in [6.07, 6.45) is 0.622. The van der Waals surface area contributed by atoms with Crippen molar-refractivity contribution in [1.82, 2.24) is 15.1 Å². The van der Waals surface area contributed by atoms with Gasteiger partial charge in [0.1, 0.15) is 5.54 Å². The molecule has 5 nitrogen and oxygen atoms in total. The van der Waals surface area contributed by atoms with Gasteiger partial charge in [0.25, 0.3) is 0 Å². The molecular weight excluding hydrogens is 254 g/mol. The monoisotopic (exact) mass is 285 g/mol. The van der Waals surface area contributed by atoms with Crippen LogP contribution in [0.25, 0.3) is 0 Å². The molecule has 0 aromatic carbocycles. The quantitative estimate of drug-likeness (QED) is 0.769. The second-order valence-electron chi connectivity index (χ2n) is 6.81. The minimum Gasteiger partial charge on any atom is -0.480 e. The first-order chi connectivity index (χ1) is 9.15. The Morgan fingerprint density at radius 3 is 2.45 bits per heavy atom. The van der Waals surface area contributed by atoms with Crippen LogP contribution in [-0.2, 0) is 4.79 Å². The van der Waals surface area contributed by atoms with Crippen molar-refractivity contribution < 1.29 is 9.90 Å². The summed E-state index contributed by atoms with van der Waals surface area (Å²) in [6.45, 7) is 13.2. The van der Waals surface area contributed by atoms with Crippen LogP contribution in [0.1, 0.15) is 41.0 Å². The van der Waals surface area contributed by atoms with Crippen molar-refractivity contribution in [2.24, 2.45) is 0 Å². The molecule has 0 aromatic rings. The van der Waals surface area contributed by atoms with E-state index in [1.807, 2.05) is 13.8 Å². The van der Waals surface area contributed by atoms with Crippen molar-refractivity contribution in [2.45, 2.75) is 64.7 Å². The van der Waals surface area contributed by atoms with E-state index < -0.39 is 11.5 Å². The third kappa shape index (κ3) is 4.43. The van der Waals surface area contributed by atoms with Gasteiger partial charge < -0.3 is 10.0 Å². The van der Waals surface area contributed by atoms with Crippen LogP contribution >= 0.6 is 0 Å². The van der Waals surface area contributed by atoms with Gasteiger partial charge in [0.15, 0.2) is 0 Å². The van der Waals surface area contributed by atoms with Crippen LogP contribution in [0.4, 0.5) is 0 Å². The summed E-state index contributed by atoms with van der Waals surface area (Å²) in [7, 11) is 2.15. The predicted molar refractivity (Wildman–Crippen MR) is 82.1 cm³/mol. The molecule has 0 saturated carbocycles. The topological polar surface area (TPSA) is 55.8 Å². The highest BCUT2D eigenvalue weighted by Gasteiger charge is 2.37. The number of hydrogen-bond acceptors (Lipinski definition) is 4. The minimum atomic E-state index is -0.861. The normalized spacial score (nSPS) is 26.4. The maximum atomic E-state index is 11.6. The molecule has 20 heavy (non-hydrogen) atoms. The van der Waals surface area contributed by atoms with Crippen molar-refractivity contribution in [1.29, 1.82) is 0 Å². The lowest BCUT2D eigenvalue weighted by Crippen LogP contribution is -2.58. The highest BCUT2D eigenvalue weighted by Crippen LogP contribution is 2.20. The molecule has 0 aromatic heterocycles. The van der Waals surface area contributed by atoms with E-state index in [1.165, 1.54) is 0 Å². The van der Waals surface area contributed by atoms with Crippen LogP contribution < -0.4 is 5.32 Å². The zero-order valence-corrected chi connectivity index (χ0v) is 13.8. The fourth-order valence-corrected chi connectivity index (χ4v) is 3.04. The van der Waals surface area contributed by atoms with Crippen LogP contribution in [0.2, 0.25) is 0 Å². The number of carbonyl (C=O) groups is 1.